The fourth-order valence-corrected chi connectivity index (χ4v) is 1.49. The minimum absolute atomic E-state index is 0.333. The van der Waals surface area contributed by atoms with Gasteiger partial charge in [-0.25, -0.2) is 0 Å². The largest absolute Gasteiger partial charge is 0.480 e. The van der Waals surface area contributed by atoms with Gasteiger partial charge in [-0.1, -0.05) is 15.9 Å². The van der Waals surface area contributed by atoms with Crippen LogP contribution in [0.3, 0.4) is 0 Å². The molecule has 1 N–H and O–H groups in total. The van der Waals surface area contributed by atoms with Crippen molar-refractivity contribution in [2.24, 2.45) is 0 Å². The first-order valence-corrected chi connectivity index (χ1v) is 4.70. The van der Waals surface area contributed by atoms with E-state index in [9.17, 15) is 9.59 Å². The Hall–Kier alpha value is -0.580. The molecule has 1 aliphatic rings. The Morgan fingerprint density at radius 1 is 1.33 bits per heavy atom. The third-order valence-corrected chi connectivity index (χ3v) is 2.63. The van der Waals surface area contributed by atoms with Crippen molar-refractivity contribution in [1.82, 2.24) is 4.90 Å². The molecule has 0 aliphatic carbocycles. The molecule has 0 aromatic carbocycles. The van der Waals surface area contributed by atoms with E-state index in [0.29, 0.717) is 13.1 Å². The summed E-state index contributed by atoms with van der Waals surface area (Å²) in [6.45, 7) is 1.38. The molecular formula is C7H10BrNO3. The number of carboxylic acid groups (broad SMARTS) is 1. The number of amides is 1. The van der Waals surface area contributed by atoms with Crippen LogP contribution in [0.4, 0.5) is 0 Å². The lowest BCUT2D eigenvalue weighted by Crippen LogP contribution is -2.38. The van der Waals surface area contributed by atoms with Crippen LogP contribution < -0.4 is 0 Å². The van der Waals surface area contributed by atoms with E-state index in [0.717, 1.165) is 12.8 Å². The zero-order valence-electron chi connectivity index (χ0n) is 6.49. The topological polar surface area (TPSA) is 57.6 Å². The second kappa shape index (κ2) is 3.89. The molecule has 1 heterocycles. The average molecular weight is 236 g/mol. The summed E-state index contributed by atoms with van der Waals surface area (Å²) in [4.78, 5) is 22.2. The summed E-state index contributed by atoms with van der Waals surface area (Å²) >= 11 is 2.83. The quantitative estimate of drug-likeness (QED) is 0.559. The van der Waals surface area contributed by atoms with Crippen LogP contribution in [0.25, 0.3) is 0 Å². The molecule has 0 aromatic rings. The van der Waals surface area contributed by atoms with Crippen molar-refractivity contribution in [3.63, 3.8) is 0 Å². The molecule has 0 spiro atoms. The lowest BCUT2D eigenvalue weighted by Gasteiger charge is -2.16. The summed E-state index contributed by atoms with van der Waals surface area (Å²) in [5, 5.41) is 8.52. The molecule has 1 aliphatic heterocycles. The number of carbonyl (C=O) groups excluding carboxylic acids is 1. The van der Waals surface area contributed by atoms with Crippen LogP contribution in [0.5, 0.6) is 0 Å². The standard InChI is InChI=1S/C7H10BrNO3/c8-5(7(11)12)6(10)9-3-1-2-4-9/h5H,1-4H2,(H,11,12)/t5-/m0/s1. The first kappa shape index (κ1) is 9.51. The normalized spacial score (nSPS) is 19.2. The van der Waals surface area contributed by atoms with Gasteiger partial charge in [-0.3, -0.25) is 9.59 Å². The van der Waals surface area contributed by atoms with E-state index in [1.807, 2.05) is 0 Å². The van der Waals surface area contributed by atoms with Gasteiger partial charge >= 0.3 is 5.97 Å². The van der Waals surface area contributed by atoms with Gasteiger partial charge in [0.1, 0.15) is 0 Å². The fourth-order valence-electron chi connectivity index (χ4n) is 1.20. The second-order valence-corrected chi connectivity index (χ2v) is 3.65. The molecule has 5 heteroatoms. The van der Waals surface area contributed by atoms with Crippen LogP contribution in [0.1, 0.15) is 12.8 Å². The summed E-state index contributed by atoms with van der Waals surface area (Å²) in [5.41, 5.74) is 0. The lowest BCUT2D eigenvalue weighted by atomic mass is 10.4. The fraction of sp³-hybridized carbons (Fsp3) is 0.714. The highest BCUT2D eigenvalue weighted by molar-refractivity contribution is 9.10. The van der Waals surface area contributed by atoms with Crippen molar-refractivity contribution >= 4 is 27.8 Å². The van der Waals surface area contributed by atoms with E-state index in [2.05, 4.69) is 15.9 Å². The van der Waals surface area contributed by atoms with Gasteiger partial charge in [0.25, 0.3) is 0 Å². The van der Waals surface area contributed by atoms with Crippen LogP contribution in [-0.4, -0.2) is 39.8 Å². The maximum atomic E-state index is 11.3. The van der Waals surface area contributed by atoms with Crippen LogP contribution >= 0.6 is 15.9 Å². The van der Waals surface area contributed by atoms with Crippen LogP contribution in [0.2, 0.25) is 0 Å². The summed E-state index contributed by atoms with van der Waals surface area (Å²) in [6.07, 6.45) is 1.95. The zero-order chi connectivity index (χ0) is 9.14. The second-order valence-electron chi connectivity index (χ2n) is 2.73. The molecule has 1 saturated heterocycles. The maximum absolute atomic E-state index is 11.3. The van der Waals surface area contributed by atoms with Gasteiger partial charge in [0, 0.05) is 13.1 Å². The van der Waals surface area contributed by atoms with Gasteiger partial charge in [0.15, 0.2) is 4.83 Å². The molecule has 12 heavy (non-hydrogen) atoms. The molecule has 1 atom stereocenters. The van der Waals surface area contributed by atoms with Crippen LogP contribution in [-0.2, 0) is 9.59 Å². The number of alkyl halides is 1. The molecule has 68 valence electrons. The van der Waals surface area contributed by atoms with Gasteiger partial charge in [0.05, 0.1) is 0 Å². The summed E-state index contributed by atoms with van der Waals surface area (Å²) in [7, 11) is 0. The van der Waals surface area contributed by atoms with Gasteiger partial charge < -0.3 is 10.0 Å². The van der Waals surface area contributed by atoms with Gasteiger partial charge in [-0.2, -0.15) is 0 Å². The highest BCUT2D eigenvalue weighted by atomic mass is 79.9. The number of likely N-dealkylation sites (tertiary alicyclic amines) is 1. The number of carboxylic acids is 1. The Kier molecular flexibility index (Phi) is 3.08. The molecule has 0 radical (unpaired) electrons. The number of nitrogens with zero attached hydrogens (tertiary/aromatic N) is 1. The Morgan fingerprint density at radius 2 is 1.83 bits per heavy atom. The van der Waals surface area contributed by atoms with E-state index in [-0.39, 0.29) is 5.91 Å². The van der Waals surface area contributed by atoms with Crippen molar-refractivity contribution in [3.8, 4) is 0 Å². The molecule has 0 unspecified atom stereocenters. The van der Waals surface area contributed by atoms with Crippen LogP contribution in [0.15, 0.2) is 0 Å². The van der Waals surface area contributed by atoms with Crippen LogP contribution in [0, 0.1) is 0 Å². The third-order valence-electron chi connectivity index (χ3n) is 1.85. The van der Waals surface area contributed by atoms with Gasteiger partial charge in [0.2, 0.25) is 5.91 Å². The first-order valence-electron chi connectivity index (χ1n) is 3.78. The smallest absolute Gasteiger partial charge is 0.327 e. The molecule has 0 saturated carbocycles. The summed E-state index contributed by atoms with van der Waals surface area (Å²) < 4.78 is 0. The Balaban J connectivity index is 2.51. The molecule has 0 bridgehead atoms. The van der Waals surface area contributed by atoms with Gasteiger partial charge in [-0.15, -0.1) is 0 Å². The van der Waals surface area contributed by atoms with Crippen molar-refractivity contribution in [2.45, 2.75) is 17.7 Å². The average Bonchev–Trinajstić information content (AvgIpc) is 2.53. The maximum Gasteiger partial charge on any atom is 0.327 e. The van der Waals surface area contributed by atoms with Gasteiger partial charge in [-0.05, 0) is 12.8 Å². The minimum atomic E-state index is -1.12. The van der Waals surface area contributed by atoms with E-state index < -0.39 is 10.8 Å². The van der Waals surface area contributed by atoms with E-state index in [1.54, 1.807) is 4.90 Å². The Labute approximate surface area is 78.7 Å². The monoisotopic (exact) mass is 235 g/mol. The number of hydrogen-bond donors (Lipinski definition) is 1. The molecule has 1 amide bonds. The van der Waals surface area contributed by atoms with E-state index in [1.165, 1.54) is 0 Å². The predicted octanol–water partition coefficient (Wildman–Crippen LogP) is 0.457. The lowest BCUT2D eigenvalue weighted by molar-refractivity contribution is -0.142. The number of hydrogen-bond acceptors (Lipinski definition) is 2. The molecule has 1 fully saturated rings. The zero-order valence-corrected chi connectivity index (χ0v) is 8.08. The number of rotatable bonds is 2. The van der Waals surface area contributed by atoms with Crippen molar-refractivity contribution in [3.05, 3.63) is 0 Å². The van der Waals surface area contributed by atoms with Crippen molar-refractivity contribution in [2.75, 3.05) is 13.1 Å². The Morgan fingerprint density at radius 3 is 2.25 bits per heavy atom. The highest BCUT2D eigenvalue weighted by Gasteiger charge is 2.29. The predicted molar refractivity (Wildman–Crippen MR) is 46.2 cm³/mol. The molecular weight excluding hydrogens is 226 g/mol. The highest BCUT2D eigenvalue weighted by Crippen LogP contribution is 2.12. The molecule has 4 nitrogen and oxygen atoms in total. The molecule has 0 aromatic heterocycles. The SMILES string of the molecule is O=C(O)[C@@H](Br)C(=O)N1CCCC1. The Bertz CT molecular complexity index is 201. The number of carbonyl (C=O) groups is 2. The van der Waals surface area contributed by atoms with E-state index >= 15 is 0 Å². The molecule has 1 rings (SSSR count). The van der Waals surface area contributed by atoms with E-state index in [4.69, 9.17) is 5.11 Å². The third kappa shape index (κ3) is 1.97. The van der Waals surface area contributed by atoms with Crippen molar-refractivity contribution in [1.29, 1.82) is 0 Å². The number of aliphatic carboxylic acids is 1. The summed E-state index contributed by atoms with van der Waals surface area (Å²) in [6, 6.07) is 0. The first-order chi connectivity index (χ1) is 5.63. The minimum Gasteiger partial charge on any atom is -0.480 e. The van der Waals surface area contributed by atoms with Crippen molar-refractivity contribution < 1.29 is 14.7 Å². The summed E-state index contributed by atoms with van der Waals surface area (Å²) in [5.74, 6) is -1.45. The number of halogens is 1.